The molecule has 16 heteroatoms. The number of aromatic nitrogens is 2. The Morgan fingerprint density at radius 3 is 1.12 bits per heavy atom. The van der Waals surface area contributed by atoms with E-state index in [1.807, 2.05) is 146 Å². The van der Waals surface area contributed by atoms with Crippen molar-refractivity contribution in [3.8, 4) is 50.6 Å². The molecule has 0 radical (unpaired) electrons. The fraction of sp³-hybridized carbons (Fsp3) is 0.391. The highest BCUT2D eigenvalue weighted by Gasteiger charge is 2.38. The van der Waals surface area contributed by atoms with Gasteiger partial charge in [-0.05, 0) is 303 Å². The van der Waals surface area contributed by atoms with Crippen molar-refractivity contribution in [2.24, 2.45) is 0 Å². The van der Waals surface area contributed by atoms with Crippen molar-refractivity contribution >= 4 is 82.9 Å². The maximum absolute atomic E-state index is 13.3. The Morgan fingerprint density at radius 2 is 0.777 bits per heavy atom. The van der Waals surface area contributed by atoms with Crippen LogP contribution in [-0.2, 0) is 57.3 Å². The normalized spacial score (nSPS) is 14.5. The number of halogens is 1. The van der Waals surface area contributed by atoms with Crippen LogP contribution in [0.5, 0.6) is 17.2 Å². The van der Waals surface area contributed by atoms with Gasteiger partial charge in [-0.1, -0.05) is 66.7 Å². The molecule has 3 atom stereocenters. The number of hydrogen-bond donors (Lipinski definition) is 2. The lowest BCUT2D eigenvalue weighted by atomic mass is 9.83. The third-order valence-electron chi connectivity index (χ3n) is 19.6. The number of nitrogens with zero attached hydrogens (tertiary/aromatic N) is 2. The summed E-state index contributed by atoms with van der Waals surface area (Å²) in [5.41, 5.74) is 26.0. The van der Waals surface area contributed by atoms with Gasteiger partial charge >= 0.3 is 17.9 Å². The molecule has 0 amide bonds. The molecule has 0 bridgehead atoms. The molecule has 5 heterocycles. The number of rotatable bonds is 12. The highest BCUT2D eigenvalue weighted by atomic mass is 79.9. The van der Waals surface area contributed by atoms with Gasteiger partial charge in [0.1, 0.15) is 17.2 Å². The van der Waals surface area contributed by atoms with Crippen LogP contribution in [0.25, 0.3) is 76.7 Å². The van der Waals surface area contributed by atoms with Gasteiger partial charge in [-0.15, -0.1) is 0 Å². The number of pyridine rings is 2. The van der Waals surface area contributed by atoms with Crippen LogP contribution in [0.15, 0.2) is 108 Å². The number of carbonyl (C=O) groups is 3. The fourth-order valence-electron chi connectivity index (χ4n) is 15.1. The highest BCUT2D eigenvalue weighted by Crippen LogP contribution is 2.50. The maximum atomic E-state index is 13.3. The number of hydrogen-bond acceptors (Lipinski definition) is 14. The predicted octanol–water partition coefficient (Wildman–Crippen LogP) is 20.2. The molecule has 540 valence electrons. The molecule has 0 spiro atoms. The summed E-state index contributed by atoms with van der Waals surface area (Å²) < 4.78 is 47.6. The van der Waals surface area contributed by atoms with E-state index in [1.54, 1.807) is 0 Å². The van der Waals surface area contributed by atoms with E-state index >= 15 is 0 Å². The smallest absolute Gasteiger partial charge is 0.339 e. The highest BCUT2D eigenvalue weighted by molar-refractivity contribution is 9.10. The number of esters is 2. The molecule has 0 saturated heterocycles. The zero-order chi connectivity index (χ0) is 74.5. The molecular weight excluding hydrogens is 1360 g/mol. The van der Waals surface area contributed by atoms with Gasteiger partial charge in [-0.25, -0.2) is 14.4 Å². The van der Waals surface area contributed by atoms with Crippen LogP contribution >= 0.6 is 15.9 Å². The van der Waals surface area contributed by atoms with Crippen LogP contribution in [-0.4, -0.2) is 83.8 Å². The van der Waals surface area contributed by atoms with Crippen molar-refractivity contribution < 1.29 is 57.4 Å². The van der Waals surface area contributed by atoms with Gasteiger partial charge in [-0.2, -0.15) is 0 Å². The van der Waals surface area contributed by atoms with E-state index in [-0.39, 0.29) is 0 Å². The third-order valence-corrected chi connectivity index (χ3v) is 20.6. The zero-order valence-corrected chi connectivity index (χ0v) is 64.8. The second-order valence-electron chi connectivity index (χ2n) is 30.3. The summed E-state index contributed by atoms with van der Waals surface area (Å²) in [5.74, 6) is 0.890. The Balaban J connectivity index is 0.000000156. The fourth-order valence-corrected chi connectivity index (χ4v) is 15.6. The van der Waals surface area contributed by atoms with Gasteiger partial charge in [0.15, 0.2) is 18.3 Å². The number of ether oxygens (including phenoxy) is 8. The topological polar surface area (TPSA) is 197 Å². The number of carbonyl (C=O) groups excluding carboxylic acids is 2. The van der Waals surface area contributed by atoms with Crippen molar-refractivity contribution in [3.63, 3.8) is 0 Å². The summed E-state index contributed by atoms with van der Waals surface area (Å²) in [6.07, 6.45) is 2.89. The van der Waals surface area contributed by atoms with Crippen LogP contribution in [0.4, 0.5) is 5.69 Å². The molecule has 0 aliphatic carbocycles. The lowest BCUT2D eigenvalue weighted by molar-refractivity contribution is -0.164. The molecule has 3 aliphatic heterocycles. The monoisotopic (exact) mass is 1460 g/mol. The van der Waals surface area contributed by atoms with Crippen LogP contribution in [0, 0.1) is 55.4 Å². The predicted molar refractivity (Wildman–Crippen MR) is 415 cm³/mol. The third kappa shape index (κ3) is 15.4. The molecule has 0 fully saturated rings. The Hall–Kier alpha value is -8.93. The van der Waals surface area contributed by atoms with Crippen LogP contribution in [0.3, 0.4) is 0 Å². The molecule has 2 aromatic heterocycles. The number of methoxy groups -OCH3 is 2. The molecule has 0 saturated carbocycles. The Bertz CT molecular complexity index is 5000. The Morgan fingerprint density at radius 1 is 0.456 bits per heavy atom. The van der Waals surface area contributed by atoms with Gasteiger partial charge in [0.25, 0.3) is 0 Å². The van der Waals surface area contributed by atoms with Crippen molar-refractivity contribution in [1.29, 1.82) is 0 Å². The van der Waals surface area contributed by atoms with Gasteiger partial charge < -0.3 is 48.7 Å². The SMILES string of the molecule is COC(=O)[C@@H](OC(C)(C)C)c1c(-c2ccc3c(c2)CCCO3)c(C)c2c(nc(C)c3ccccc32)c1C.COC(=O)[C@@H](OC(C)(C)C)c1c(C)c(N)c(Br)c(C)c1-c1ccc2c(c1)CCCO2.Cc1nc2c(C)c([C@H](OC(C)(C)C)C(=O)O)c(-c3ccc4c(c3)CCCO4)c(C)c2c2ccccc12. The zero-order valence-electron chi connectivity index (χ0n) is 63.2. The number of nitrogens with two attached hydrogens (primary N) is 1. The molecule has 103 heavy (non-hydrogen) atoms. The first-order valence-corrected chi connectivity index (χ1v) is 36.4. The number of aryl methyl sites for hydroxylation is 9. The molecule has 15 nitrogen and oxygen atoms in total. The Kier molecular flexibility index (Phi) is 21.9. The van der Waals surface area contributed by atoms with Gasteiger partial charge in [-0.3, -0.25) is 9.97 Å². The number of fused-ring (bicyclic) bond motifs is 9. The lowest BCUT2D eigenvalue weighted by Crippen LogP contribution is -2.29. The lowest BCUT2D eigenvalue weighted by Gasteiger charge is -2.30. The molecule has 10 aromatic rings. The van der Waals surface area contributed by atoms with E-state index in [0.717, 1.165) is 218 Å². The molecule has 0 unspecified atom stereocenters. The number of nitrogen functional groups attached to an aromatic ring is 1. The van der Waals surface area contributed by atoms with Crippen molar-refractivity contribution in [1.82, 2.24) is 9.97 Å². The quantitative estimate of drug-likeness (QED) is 0.0665. The first-order valence-electron chi connectivity index (χ1n) is 35.6. The van der Waals surface area contributed by atoms with Crippen LogP contribution in [0.1, 0.15) is 178 Å². The molecular formula is C87H98BrN3O12. The van der Waals surface area contributed by atoms with E-state index in [1.165, 1.54) is 25.3 Å². The Labute approximate surface area is 614 Å². The number of carboxylic acid groups (broad SMARTS) is 1. The molecule has 13 rings (SSSR count). The number of carboxylic acids is 1. The largest absolute Gasteiger partial charge is 0.493 e. The summed E-state index contributed by atoms with van der Waals surface area (Å²) in [7, 11) is 2.79. The van der Waals surface area contributed by atoms with E-state index < -0.39 is 53.0 Å². The number of aliphatic carboxylic acids is 1. The average Bonchev–Trinajstić information content (AvgIpc) is 0.747. The van der Waals surface area contributed by atoms with Crippen molar-refractivity contribution in [2.75, 3.05) is 39.8 Å². The summed E-state index contributed by atoms with van der Waals surface area (Å²) >= 11 is 3.65. The van der Waals surface area contributed by atoms with Crippen molar-refractivity contribution in [3.05, 3.63) is 186 Å². The van der Waals surface area contributed by atoms with E-state index in [0.29, 0.717) is 11.3 Å². The van der Waals surface area contributed by atoms with Gasteiger partial charge in [0.05, 0.1) is 61.9 Å². The summed E-state index contributed by atoms with van der Waals surface area (Å²) in [6, 6.07) is 35.4. The first kappa shape index (κ1) is 75.2. The van der Waals surface area contributed by atoms with E-state index in [2.05, 4.69) is 90.4 Å². The summed E-state index contributed by atoms with van der Waals surface area (Å²) in [5, 5.41) is 17.1. The minimum Gasteiger partial charge on any atom is -0.493 e. The second-order valence-corrected chi connectivity index (χ2v) is 31.1. The standard InChI is InChI=1S/C32H35NO4.C31H33NO4.C24H30BrNO4/c1-18-26(22-14-15-25-21(17-22)11-10-16-36-25)28(30(31(34)35-7)37-32(4,5)6)19(2)29-27(18)24-13-9-8-12-23(24)20(3)33-29;1-17-25(21-13-14-24-20(16-21)10-9-15-35-24)27(29(30(33)34)36-31(4,5)6)18(2)28-26(17)23-12-8-7-11-22(23)19(3)32-28;1-13-18(16-9-10-17-15(12-16)8-7-11-29-17)19(14(2)21(26)20(13)25)22(23(27)28-6)30-24(3,4)5/h8-9,12-15,17,30H,10-11,16H2,1-7H3;7-8,11-14,16,29H,9-10,15H2,1-6H3,(H,33,34);9-10,12,22H,7-8,11,26H2,1-6H3/t30-;29-;22-/m000/s1. The molecule has 8 aromatic carbocycles. The minimum absolute atomic E-state index is 0.420. The number of benzene rings is 8. The maximum Gasteiger partial charge on any atom is 0.339 e. The van der Waals surface area contributed by atoms with Gasteiger partial charge in [0.2, 0.25) is 0 Å². The summed E-state index contributed by atoms with van der Waals surface area (Å²) in [6.45, 7) is 35.7. The second kappa shape index (κ2) is 30.0. The number of anilines is 1. The minimum atomic E-state index is -1.14. The molecule has 3 aliphatic rings. The molecule has 3 N–H and O–H groups in total. The van der Waals surface area contributed by atoms with Crippen LogP contribution < -0.4 is 19.9 Å². The van der Waals surface area contributed by atoms with E-state index in [9.17, 15) is 19.5 Å². The van der Waals surface area contributed by atoms with Crippen LogP contribution in [0.2, 0.25) is 0 Å². The van der Waals surface area contributed by atoms with Gasteiger partial charge in [0, 0.05) is 59.8 Å². The van der Waals surface area contributed by atoms with E-state index in [4.69, 9.17) is 53.6 Å². The van der Waals surface area contributed by atoms with Crippen molar-refractivity contribution in [2.45, 2.75) is 191 Å². The summed E-state index contributed by atoms with van der Waals surface area (Å²) in [4.78, 5) is 48.9. The average molecular weight is 1460 g/mol. The first-order chi connectivity index (χ1) is 48.7.